The quantitative estimate of drug-likeness (QED) is 0.549. The Morgan fingerprint density at radius 2 is 2.11 bits per heavy atom. The van der Waals surface area contributed by atoms with E-state index in [-0.39, 0.29) is 4.75 Å². The monoisotopic (exact) mass is 159 g/mol. The number of nitriles is 1. The Hall–Kier alpha value is -0.0700. The Kier molecular flexibility index (Phi) is 3.16. The van der Waals surface area contributed by atoms with Gasteiger partial charge in [-0.1, -0.05) is 24.0 Å². The van der Waals surface area contributed by atoms with Gasteiger partial charge in [0.1, 0.15) is 4.75 Å². The predicted octanol–water partition coefficient (Wildman–Crippen LogP) is 2.37. The molecule has 0 saturated heterocycles. The molecule has 50 valence electrons. The smallest absolute Gasteiger partial charge is 0.102 e. The average Bonchev–Trinajstić information content (AvgIpc) is 1.63. The zero-order valence-corrected chi connectivity index (χ0v) is 7.40. The van der Waals surface area contributed by atoms with Crippen LogP contribution in [-0.2, 0) is 0 Å². The zero-order chi connectivity index (χ0) is 7.49. The molecule has 0 radical (unpaired) electrons. The molecule has 9 heavy (non-hydrogen) atoms. The summed E-state index contributed by atoms with van der Waals surface area (Å²) in [6.45, 7) is 5.54. The fraction of sp³-hybridized carbons (Fsp3) is 0.667. The normalized spacial score (nSPS) is 10.4. The standard InChI is InChI=1S/C6H9NS2/c1-5(8)9-6(2,3)4-7/h1-3H3. The van der Waals surface area contributed by atoms with Crippen LogP contribution in [0.4, 0.5) is 0 Å². The van der Waals surface area contributed by atoms with Gasteiger partial charge in [-0.2, -0.15) is 5.26 Å². The first kappa shape index (κ1) is 8.93. The fourth-order valence-electron chi connectivity index (χ4n) is 0.382. The molecule has 0 aromatic carbocycles. The summed E-state index contributed by atoms with van der Waals surface area (Å²) in [4.78, 5) is 0. The van der Waals surface area contributed by atoms with E-state index in [0.717, 1.165) is 4.20 Å². The number of rotatable bonds is 1. The van der Waals surface area contributed by atoms with Gasteiger partial charge >= 0.3 is 0 Å². The lowest BCUT2D eigenvalue weighted by molar-refractivity contribution is 0.921. The second-order valence-corrected chi connectivity index (χ2v) is 4.92. The Morgan fingerprint density at radius 1 is 1.67 bits per heavy atom. The van der Waals surface area contributed by atoms with Crippen molar-refractivity contribution in [1.29, 1.82) is 5.26 Å². The predicted molar refractivity (Wildman–Crippen MR) is 45.6 cm³/mol. The number of thiocarbonyl (C=S) groups is 1. The van der Waals surface area contributed by atoms with E-state index < -0.39 is 0 Å². The number of nitrogens with zero attached hydrogens (tertiary/aromatic N) is 1. The molecule has 0 N–H and O–H groups in total. The SMILES string of the molecule is CC(=S)SC(C)(C)C#N. The number of thioether (sulfide) groups is 1. The first-order chi connectivity index (χ1) is 3.98. The fourth-order valence-corrected chi connectivity index (χ4v) is 1.77. The lowest BCUT2D eigenvalue weighted by atomic mass is 10.2. The van der Waals surface area contributed by atoms with E-state index in [1.165, 1.54) is 11.8 Å². The van der Waals surface area contributed by atoms with Gasteiger partial charge in [0.15, 0.2) is 0 Å². The molecule has 0 fully saturated rings. The van der Waals surface area contributed by atoms with E-state index in [1.807, 2.05) is 20.8 Å². The number of hydrogen-bond acceptors (Lipinski definition) is 3. The highest BCUT2D eigenvalue weighted by Gasteiger charge is 2.17. The highest BCUT2D eigenvalue weighted by atomic mass is 32.2. The molecule has 3 heteroatoms. The van der Waals surface area contributed by atoms with Gasteiger partial charge < -0.3 is 0 Å². The van der Waals surface area contributed by atoms with E-state index in [4.69, 9.17) is 17.5 Å². The Morgan fingerprint density at radius 3 is 2.22 bits per heavy atom. The topological polar surface area (TPSA) is 23.8 Å². The van der Waals surface area contributed by atoms with Crippen molar-refractivity contribution < 1.29 is 0 Å². The lowest BCUT2D eigenvalue weighted by Crippen LogP contribution is -2.11. The first-order valence-electron chi connectivity index (χ1n) is 2.59. The summed E-state index contributed by atoms with van der Waals surface area (Å²) in [6.07, 6.45) is 0. The van der Waals surface area contributed by atoms with Crippen molar-refractivity contribution in [2.45, 2.75) is 25.5 Å². The van der Waals surface area contributed by atoms with Gasteiger partial charge in [0.25, 0.3) is 0 Å². The third-order valence-electron chi connectivity index (χ3n) is 0.668. The van der Waals surface area contributed by atoms with E-state index >= 15 is 0 Å². The molecule has 0 spiro atoms. The third-order valence-corrected chi connectivity index (χ3v) is 1.81. The molecule has 1 nitrogen and oxygen atoms in total. The molecular formula is C6H9NS2. The lowest BCUT2D eigenvalue weighted by Gasteiger charge is -2.11. The minimum atomic E-state index is -0.355. The van der Waals surface area contributed by atoms with Gasteiger partial charge in [0.05, 0.1) is 6.07 Å². The first-order valence-corrected chi connectivity index (χ1v) is 3.81. The zero-order valence-electron chi connectivity index (χ0n) is 5.76. The van der Waals surface area contributed by atoms with Crippen LogP contribution in [-0.4, -0.2) is 8.94 Å². The maximum absolute atomic E-state index is 8.51. The van der Waals surface area contributed by atoms with Crippen molar-refractivity contribution in [2.24, 2.45) is 0 Å². The van der Waals surface area contributed by atoms with Crippen molar-refractivity contribution in [1.82, 2.24) is 0 Å². The minimum Gasteiger partial charge on any atom is -0.197 e. The van der Waals surface area contributed by atoms with Crippen LogP contribution in [0.5, 0.6) is 0 Å². The summed E-state index contributed by atoms with van der Waals surface area (Å²) in [5.74, 6) is 0. The Bertz CT molecular complexity index is 155. The van der Waals surface area contributed by atoms with Crippen LogP contribution in [0.2, 0.25) is 0 Å². The molecule has 0 aromatic rings. The maximum Gasteiger partial charge on any atom is 0.102 e. The average molecular weight is 159 g/mol. The van der Waals surface area contributed by atoms with Crippen LogP contribution >= 0.6 is 24.0 Å². The van der Waals surface area contributed by atoms with Crippen LogP contribution < -0.4 is 0 Å². The summed E-state index contributed by atoms with van der Waals surface area (Å²) < 4.78 is 0.466. The van der Waals surface area contributed by atoms with E-state index in [1.54, 1.807) is 0 Å². The van der Waals surface area contributed by atoms with Gasteiger partial charge in [-0.05, 0) is 20.8 Å². The molecule has 0 aliphatic heterocycles. The van der Waals surface area contributed by atoms with Crippen molar-refractivity contribution in [3.63, 3.8) is 0 Å². The van der Waals surface area contributed by atoms with Crippen LogP contribution in [0.1, 0.15) is 20.8 Å². The van der Waals surface area contributed by atoms with E-state index in [0.29, 0.717) is 0 Å². The summed E-state index contributed by atoms with van der Waals surface area (Å²) in [5, 5.41) is 8.51. The summed E-state index contributed by atoms with van der Waals surface area (Å²) in [7, 11) is 0. The minimum absolute atomic E-state index is 0.355. The molecule has 0 rings (SSSR count). The van der Waals surface area contributed by atoms with Gasteiger partial charge in [-0.15, -0.1) is 0 Å². The van der Waals surface area contributed by atoms with Gasteiger partial charge in [0.2, 0.25) is 0 Å². The summed E-state index contributed by atoms with van der Waals surface area (Å²) in [6, 6.07) is 2.15. The maximum atomic E-state index is 8.51. The molecule has 0 atom stereocenters. The third kappa shape index (κ3) is 4.43. The largest absolute Gasteiger partial charge is 0.197 e. The molecule has 0 aliphatic rings. The van der Waals surface area contributed by atoms with Crippen molar-refractivity contribution >= 4 is 28.2 Å². The van der Waals surface area contributed by atoms with Crippen LogP contribution in [0.15, 0.2) is 0 Å². The number of hydrogen-bond donors (Lipinski definition) is 0. The van der Waals surface area contributed by atoms with Crippen molar-refractivity contribution in [3.8, 4) is 6.07 Å². The highest BCUT2D eigenvalue weighted by molar-refractivity contribution is 8.24. The Balaban J connectivity index is 3.91. The van der Waals surface area contributed by atoms with E-state index in [9.17, 15) is 0 Å². The molecule has 0 bridgehead atoms. The second kappa shape index (κ2) is 3.19. The van der Waals surface area contributed by atoms with Gasteiger partial charge in [-0.25, -0.2) is 0 Å². The highest BCUT2D eigenvalue weighted by Crippen LogP contribution is 2.24. The Labute approximate surface area is 65.4 Å². The van der Waals surface area contributed by atoms with Crippen molar-refractivity contribution in [3.05, 3.63) is 0 Å². The molecule has 0 aromatic heterocycles. The van der Waals surface area contributed by atoms with Crippen LogP contribution in [0.3, 0.4) is 0 Å². The molecule has 0 unspecified atom stereocenters. The van der Waals surface area contributed by atoms with Gasteiger partial charge in [-0.3, -0.25) is 0 Å². The van der Waals surface area contributed by atoms with Crippen LogP contribution in [0.25, 0.3) is 0 Å². The molecule has 0 aliphatic carbocycles. The molecule has 0 amide bonds. The van der Waals surface area contributed by atoms with Crippen LogP contribution in [0, 0.1) is 11.3 Å². The molecular weight excluding hydrogens is 150 g/mol. The second-order valence-electron chi connectivity index (χ2n) is 2.22. The van der Waals surface area contributed by atoms with Gasteiger partial charge in [0, 0.05) is 4.20 Å². The molecule has 0 heterocycles. The summed E-state index contributed by atoms with van der Waals surface area (Å²) >= 11 is 6.25. The van der Waals surface area contributed by atoms with E-state index in [2.05, 4.69) is 6.07 Å². The molecule has 0 saturated carbocycles. The van der Waals surface area contributed by atoms with Crippen molar-refractivity contribution in [2.75, 3.05) is 0 Å². The summed E-state index contributed by atoms with van der Waals surface area (Å²) in [5.41, 5.74) is 0.